The summed E-state index contributed by atoms with van der Waals surface area (Å²) in [5, 5.41) is 4.98. The Labute approximate surface area is 184 Å². The van der Waals surface area contributed by atoms with Crippen LogP contribution in [0.5, 0.6) is 11.5 Å². The minimum Gasteiger partial charge on any atom is -0.491 e. The summed E-state index contributed by atoms with van der Waals surface area (Å²) in [4.78, 5) is 23.5. The molecular formula is C25H22N2O5. The lowest BCUT2D eigenvalue weighted by atomic mass is 10.1. The number of furan rings is 1. The number of ether oxygens (including phenoxy) is 2. The summed E-state index contributed by atoms with van der Waals surface area (Å²) in [5.41, 5.74) is 5.59. The van der Waals surface area contributed by atoms with Crippen molar-refractivity contribution in [2.24, 2.45) is 5.73 Å². The number of rotatable bonds is 9. The first-order chi connectivity index (χ1) is 15.6. The van der Waals surface area contributed by atoms with Gasteiger partial charge in [-0.05, 0) is 47.2 Å². The molecule has 1 heterocycles. The predicted octanol–water partition coefficient (Wildman–Crippen LogP) is 4.52. The van der Waals surface area contributed by atoms with Crippen LogP contribution >= 0.6 is 0 Å². The van der Waals surface area contributed by atoms with E-state index < -0.39 is 11.8 Å². The van der Waals surface area contributed by atoms with E-state index >= 15 is 0 Å². The van der Waals surface area contributed by atoms with Crippen LogP contribution in [0.2, 0.25) is 0 Å². The second kappa shape index (κ2) is 9.70. The van der Waals surface area contributed by atoms with Gasteiger partial charge in [0.1, 0.15) is 23.9 Å². The molecule has 0 radical (unpaired) electrons. The molecule has 2 amide bonds. The molecule has 0 aliphatic rings. The van der Waals surface area contributed by atoms with Crippen LogP contribution in [0.15, 0.2) is 83.3 Å². The molecular weight excluding hydrogens is 408 g/mol. The van der Waals surface area contributed by atoms with Gasteiger partial charge in [-0.1, -0.05) is 42.5 Å². The van der Waals surface area contributed by atoms with E-state index in [4.69, 9.17) is 19.6 Å². The smallest absolute Gasteiger partial charge is 0.291 e. The van der Waals surface area contributed by atoms with Crippen LogP contribution in [0.1, 0.15) is 22.7 Å². The zero-order valence-electron chi connectivity index (χ0n) is 17.2. The van der Waals surface area contributed by atoms with Gasteiger partial charge in [0.15, 0.2) is 5.76 Å². The molecule has 0 saturated carbocycles. The summed E-state index contributed by atoms with van der Waals surface area (Å²) in [5.74, 6) is 0.943. The Balaban J connectivity index is 1.37. The van der Waals surface area contributed by atoms with E-state index in [0.29, 0.717) is 22.9 Å². The van der Waals surface area contributed by atoms with E-state index in [-0.39, 0.29) is 25.4 Å². The molecule has 4 aromatic rings. The normalized spacial score (nSPS) is 10.6. The Bertz CT molecular complexity index is 1250. The minimum atomic E-state index is -0.458. The van der Waals surface area contributed by atoms with Crippen molar-refractivity contribution in [2.45, 2.75) is 13.0 Å². The van der Waals surface area contributed by atoms with Crippen molar-refractivity contribution >= 4 is 28.3 Å². The molecule has 162 valence electrons. The summed E-state index contributed by atoms with van der Waals surface area (Å²) < 4.78 is 17.0. The van der Waals surface area contributed by atoms with E-state index in [2.05, 4.69) is 5.32 Å². The number of amides is 2. The first-order valence-electron chi connectivity index (χ1n) is 10.1. The Kier molecular flexibility index (Phi) is 6.36. The molecule has 7 heteroatoms. The third-order valence-corrected chi connectivity index (χ3v) is 4.73. The first-order valence-corrected chi connectivity index (χ1v) is 10.1. The van der Waals surface area contributed by atoms with Crippen molar-refractivity contribution in [1.82, 2.24) is 0 Å². The molecule has 3 N–H and O–H groups in total. The summed E-state index contributed by atoms with van der Waals surface area (Å²) in [6, 6.07) is 24.1. The fourth-order valence-corrected chi connectivity index (χ4v) is 3.13. The number of carbonyl (C=O) groups excluding carboxylic acids is 2. The van der Waals surface area contributed by atoms with Gasteiger partial charge in [-0.2, -0.15) is 0 Å². The van der Waals surface area contributed by atoms with Gasteiger partial charge in [0.25, 0.3) is 5.91 Å². The molecule has 0 aliphatic heterocycles. The van der Waals surface area contributed by atoms with E-state index in [1.165, 1.54) is 0 Å². The number of carbonyl (C=O) groups is 2. The van der Waals surface area contributed by atoms with E-state index in [0.717, 1.165) is 10.8 Å². The molecule has 0 unspecified atom stereocenters. The molecule has 0 bridgehead atoms. The lowest BCUT2D eigenvalue weighted by molar-refractivity contribution is -0.118. The van der Waals surface area contributed by atoms with Gasteiger partial charge in [0.2, 0.25) is 5.91 Å². The van der Waals surface area contributed by atoms with Crippen molar-refractivity contribution in [3.05, 3.63) is 90.4 Å². The average Bonchev–Trinajstić information content (AvgIpc) is 3.28. The highest BCUT2D eigenvalue weighted by atomic mass is 16.5. The van der Waals surface area contributed by atoms with Gasteiger partial charge < -0.3 is 24.9 Å². The molecule has 0 atom stereocenters. The highest BCUT2D eigenvalue weighted by Gasteiger charge is 2.14. The van der Waals surface area contributed by atoms with E-state index in [1.54, 1.807) is 36.4 Å². The van der Waals surface area contributed by atoms with Crippen molar-refractivity contribution in [1.29, 1.82) is 0 Å². The largest absolute Gasteiger partial charge is 0.491 e. The highest BCUT2D eigenvalue weighted by molar-refractivity contribution is 6.03. The topological polar surface area (TPSA) is 104 Å². The molecule has 0 fully saturated rings. The van der Waals surface area contributed by atoms with Gasteiger partial charge >= 0.3 is 0 Å². The number of nitrogens with two attached hydrogens (primary N) is 1. The predicted molar refractivity (Wildman–Crippen MR) is 121 cm³/mol. The Hall–Kier alpha value is -4.26. The standard InChI is InChI=1S/C25H22N2O5/c26-24(28)13-14-30-22-8-4-3-7-21(22)27-25(29)23-12-11-20(32-23)16-31-19-10-9-17-5-1-2-6-18(17)15-19/h1-12,15H,13-14,16H2,(H2,26,28)(H,27,29). The number of nitrogens with one attached hydrogen (secondary N) is 1. The Morgan fingerprint density at radius 1 is 0.875 bits per heavy atom. The lowest BCUT2D eigenvalue weighted by Crippen LogP contribution is -2.16. The maximum absolute atomic E-state index is 12.6. The van der Waals surface area contributed by atoms with Gasteiger partial charge in [-0.25, -0.2) is 0 Å². The van der Waals surface area contributed by atoms with Gasteiger partial charge in [-0.3, -0.25) is 9.59 Å². The Morgan fingerprint density at radius 2 is 1.66 bits per heavy atom. The van der Waals surface area contributed by atoms with Crippen LogP contribution < -0.4 is 20.5 Å². The van der Waals surface area contributed by atoms with E-state index in [1.807, 2.05) is 42.5 Å². The SMILES string of the molecule is NC(=O)CCOc1ccccc1NC(=O)c1ccc(COc2ccc3ccccc3c2)o1. The molecule has 3 aromatic carbocycles. The number of hydrogen-bond acceptors (Lipinski definition) is 5. The summed E-state index contributed by atoms with van der Waals surface area (Å²) in [6.07, 6.45) is 0.0844. The minimum absolute atomic E-state index is 0.0844. The van der Waals surface area contributed by atoms with Crippen molar-refractivity contribution in [3.8, 4) is 11.5 Å². The number of para-hydroxylation sites is 2. The molecule has 0 spiro atoms. The molecule has 0 saturated heterocycles. The molecule has 0 aliphatic carbocycles. The summed E-state index contributed by atoms with van der Waals surface area (Å²) in [7, 11) is 0. The van der Waals surface area contributed by atoms with Crippen LogP contribution in [-0.2, 0) is 11.4 Å². The average molecular weight is 430 g/mol. The number of hydrogen-bond donors (Lipinski definition) is 2. The molecule has 1 aromatic heterocycles. The highest BCUT2D eigenvalue weighted by Crippen LogP contribution is 2.25. The monoisotopic (exact) mass is 430 g/mol. The molecule has 7 nitrogen and oxygen atoms in total. The number of primary amides is 1. The zero-order valence-corrected chi connectivity index (χ0v) is 17.2. The molecule has 4 rings (SSSR count). The lowest BCUT2D eigenvalue weighted by Gasteiger charge is -2.11. The van der Waals surface area contributed by atoms with Crippen molar-refractivity contribution < 1.29 is 23.5 Å². The quantitative estimate of drug-likeness (QED) is 0.406. The fraction of sp³-hybridized carbons (Fsp3) is 0.120. The van der Waals surface area contributed by atoms with Crippen molar-refractivity contribution in [3.63, 3.8) is 0 Å². The van der Waals surface area contributed by atoms with Gasteiger partial charge in [-0.15, -0.1) is 0 Å². The second-order valence-corrected chi connectivity index (χ2v) is 7.08. The molecule has 32 heavy (non-hydrogen) atoms. The number of fused-ring (bicyclic) bond motifs is 1. The van der Waals surface area contributed by atoms with Crippen LogP contribution in [0.25, 0.3) is 10.8 Å². The Morgan fingerprint density at radius 3 is 2.50 bits per heavy atom. The third-order valence-electron chi connectivity index (χ3n) is 4.73. The number of anilines is 1. The van der Waals surface area contributed by atoms with E-state index in [9.17, 15) is 9.59 Å². The maximum Gasteiger partial charge on any atom is 0.291 e. The summed E-state index contributed by atoms with van der Waals surface area (Å²) in [6.45, 7) is 0.317. The summed E-state index contributed by atoms with van der Waals surface area (Å²) >= 11 is 0. The van der Waals surface area contributed by atoms with Crippen LogP contribution in [0, 0.1) is 0 Å². The van der Waals surface area contributed by atoms with Gasteiger partial charge in [0, 0.05) is 0 Å². The van der Waals surface area contributed by atoms with Gasteiger partial charge in [0.05, 0.1) is 18.7 Å². The van der Waals surface area contributed by atoms with Crippen LogP contribution in [0.3, 0.4) is 0 Å². The third kappa shape index (κ3) is 5.26. The number of benzene rings is 3. The fourth-order valence-electron chi connectivity index (χ4n) is 3.13. The maximum atomic E-state index is 12.6. The first kappa shape index (κ1) is 21.0. The second-order valence-electron chi connectivity index (χ2n) is 7.08. The van der Waals surface area contributed by atoms with Crippen molar-refractivity contribution in [2.75, 3.05) is 11.9 Å². The van der Waals surface area contributed by atoms with Crippen LogP contribution in [0.4, 0.5) is 5.69 Å². The zero-order chi connectivity index (χ0) is 22.3. The van der Waals surface area contributed by atoms with Crippen LogP contribution in [-0.4, -0.2) is 18.4 Å².